The van der Waals surface area contributed by atoms with Gasteiger partial charge in [0.2, 0.25) is 0 Å². The van der Waals surface area contributed by atoms with Crippen LogP contribution in [-0.4, -0.2) is 25.7 Å². The zero-order valence-corrected chi connectivity index (χ0v) is 9.15. The molecule has 0 radical (unpaired) electrons. The highest BCUT2D eigenvalue weighted by Crippen LogP contribution is 2.26. The predicted molar refractivity (Wildman–Crippen MR) is 51.2 cm³/mol. The molecule has 0 aromatic carbocycles. The maximum atomic E-state index is 11.5. The Hall–Kier alpha value is -0.380. The monoisotopic (exact) mass is 204 g/mol. The summed E-state index contributed by atoms with van der Waals surface area (Å²) in [5.74, 6) is 0.646. The molecule has 0 aromatic rings. The number of sulfone groups is 1. The summed E-state index contributed by atoms with van der Waals surface area (Å²) in [6.07, 6.45) is 0.419. The highest BCUT2D eigenvalue weighted by Gasteiger charge is 2.36. The molecular weight excluding hydrogens is 188 g/mol. The number of Topliss-reactive ketones (excluding diaryl/α,β-unsaturated/α-hetero) is 1. The van der Waals surface area contributed by atoms with Crippen molar-refractivity contribution < 1.29 is 13.2 Å². The molecule has 0 unspecified atom stereocenters. The summed E-state index contributed by atoms with van der Waals surface area (Å²) < 4.78 is 21.6. The highest BCUT2D eigenvalue weighted by atomic mass is 32.2. The maximum Gasteiger partial charge on any atom is 0.150 e. The molecule has 0 bridgehead atoms. The van der Waals surface area contributed by atoms with Crippen LogP contribution in [0.2, 0.25) is 0 Å². The van der Waals surface area contributed by atoms with Gasteiger partial charge in [0.15, 0.2) is 9.84 Å². The standard InChI is InChI=1S/C9H16O3S/c1-9(2,3)8(10)4-7-5-13(11,12)6-7/h7H,4-6H2,1-3H3. The van der Waals surface area contributed by atoms with E-state index in [0.29, 0.717) is 6.42 Å². The summed E-state index contributed by atoms with van der Waals surface area (Å²) in [7, 11) is -2.77. The van der Waals surface area contributed by atoms with Crippen LogP contribution in [0.1, 0.15) is 27.2 Å². The third-order valence-corrected chi connectivity index (χ3v) is 4.25. The molecule has 1 fully saturated rings. The Bertz CT molecular complexity index is 296. The van der Waals surface area contributed by atoms with Gasteiger partial charge in [0.05, 0.1) is 11.5 Å². The minimum atomic E-state index is -2.77. The van der Waals surface area contributed by atoms with Crippen LogP contribution < -0.4 is 0 Å². The normalized spacial score (nSPS) is 22.4. The molecule has 4 heteroatoms. The lowest BCUT2D eigenvalue weighted by Crippen LogP contribution is -2.39. The van der Waals surface area contributed by atoms with Crippen molar-refractivity contribution in [2.24, 2.45) is 11.3 Å². The minimum absolute atomic E-state index is 0.0803. The van der Waals surface area contributed by atoms with Gasteiger partial charge in [-0.2, -0.15) is 0 Å². The maximum absolute atomic E-state index is 11.5. The van der Waals surface area contributed by atoms with Gasteiger partial charge in [-0.15, -0.1) is 0 Å². The van der Waals surface area contributed by atoms with Crippen molar-refractivity contribution >= 4 is 15.6 Å². The molecule has 1 saturated heterocycles. The van der Waals surface area contributed by atoms with Gasteiger partial charge >= 0.3 is 0 Å². The summed E-state index contributed by atoms with van der Waals surface area (Å²) in [5, 5.41) is 0. The first-order chi connectivity index (χ1) is 5.71. The number of rotatable bonds is 2. The van der Waals surface area contributed by atoms with Gasteiger partial charge in [0, 0.05) is 11.8 Å². The summed E-state index contributed by atoms with van der Waals surface area (Å²) >= 11 is 0. The zero-order valence-electron chi connectivity index (χ0n) is 8.33. The van der Waals surface area contributed by atoms with Crippen LogP contribution in [0, 0.1) is 11.3 Å². The first kappa shape index (κ1) is 10.7. The van der Waals surface area contributed by atoms with E-state index in [9.17, 15) is 13.2 Å². The Morgan fingerprint density at radius 1 is 1.31 bits per heavy atom. The Morgan fingerprint density at radius 2 is 1.77 bits per heavy atom. The molecule has 3 nitrogen and oxygen atoms in total. The fraction of sp³-hybridized carbons (Fsp3) is 0.889. The molecule has 1 heterocycles. The lowest BCUT2D eigenvalue weighted by molar-refractivity contribution is -0.127. The van der Waals surface area contributed by atoms with E-state index in [1.54, 1.807) is 0 Å². The molecule has 76 valence electrons. The lowest BCUT2D eigenvalue weighted by Gasteiger charge is -2.27. The second-order valence-electron chi connectivity index (χ2n) is 4.82. The Kier molecular flexibility index (Phi) is 2.54. The first-order valence-corrected chi connectivity index (χ1v) is 6.26. The van der Waals surface area contributed by atoms with Crippen molar-refractivity contribution in [2.45, 2.75) is 27.2 Å². The number of hydrogen-bond acceptors (Lipinski definition) is 3. The molecule has 13 heavy (non-hydrogen) atoms. The highest BCUT2D eigenvalue weighted by molar-refractivity contribution is 7.92. The van der Waals surface area contributed by atoms with Gasteiger partial charge in [0.25, 0.3) is 0 Å². The average molecular weight is 204 g/mol. The molecule has 0 saturated carbocycles. The van der Waals surface area contributed by atoms with Crippen LogP contribution in [0.25, 0.3) is 0 Å². The van der Waals surface area contributed by atoms with Gasteiger partial charge in [-0.05, 0) is 5.92 Å². The zero-order chi connectivity index (χ0) is 10.3. The molecule has 1 aliphatic heterocycles. The van der Waals surface area contributed by atoms with Crippen molar-refractivity contribution in [3.05, 3.63) is 0 Å². The van der Waals surface area contributed by atoms with E-state index < -0.39 is 9.84 Å². The Labute approximate surface area is 79.4 Å². The average Bonchev–Trinajstić information content (AvgIpc) is 1.80. The Morgan fingerprint density at radius 3 is 2.08 bits per heavy atom. The van der Waals surface area contributed by atoms with Crippen molar-refractivity contribution in [1.29, 1.82) is 0 Å². The van der Waals surface area contributed by atoms with Crippen molar-refractivity contribution in [3.63, 3.8) is 0 Å². The summed E-state index contributed by atoms with van der Waals surface area (Å²) in [6, 6.07) is 0. The number of carbonyl (C=O) groups excluding carboxylic acids is 1. The predicted octanol–water partition coefficient (Wildman–Crippen LogP) is 1.04. The van der Waals surface area contributed by atoms with E-state index >= 15 is 0 Å². The molecule has 1 rings (SSSR count). The molecular formula is C9H16O3S. The largest absolute Gasteiger partial charge is 0.299 e. The van der Waals surface area contributed by atoms with E-state index in [0.717, 1.165) is 0 Å². The second kappa shape index (κ2) is 3.08. The summed E-state index contributed by atoms with van der Waals surface area (Å²) in [5.41, 5.74) is -0.334. The molecule has 0 amide bonds. The van der Waals surface area contributed by atoms with Crippen molar-refractivity contribution in [2.75, 3.05) is 11.5 Å². The molecule has 0 atom stereocenters. The number of ketones is 1. The quantitative estimate of drug-likeness (QED) is 0.675. The third kappa shape index (κ3) is 2.79. The van der Waals surface area contributed by atoms with Crippen LogP contribution in [0.4, 0.5) is 0 Å². The SMILES string of the molecule is CC(C)(C)C(=O)CC1CS(=O)(=O)C1. The Balaban J connectivity index is 2.41. The van der Waals surface area contributed by atoms with E-state index in [1.807, 2.05) is 20.8 Å². The molecule has 0 N–H and O–H groups in total. The van der Waals surface area contributed by atoms with Crippen LogP contribution in [-0.2, 0) is 14.6 Å². The van der Waals surface area contributed by atoms with E-state index in [1.165, 1.54) is 0 Å². The molecule has 0 aliphatic carbocycles. The van der Waals surface area contributed by atoms with Crippen molar-refractivity contribution in [3.8, 4) is 0 Å². The lowest BCUT2D eigenvalue weighted by atomic mass is 9.86. The topological polar surface area (TPSA) is 51.2 Å². The van der Waals surface area contributed by atoms with E-state index in [2.05, 4.69) is 0 Å². The van der Waals surface area contributed by atoms with Gasteiger partial charge in [-0.3, -0.25) is 4.79 Å². The van der Waals surface area contributed by atoms with Crippen LogP contribution in [0.3, 0.4) is 0 Å². The van der Waals surface area contributed by atoms with E-state index in [4.69, 9.17) is 0 Å². The van der Waals surface area contributed by atoms with Gasteiger partial charge < -0.3 is 0 Å². The first-order valence-electron chi connectivity index (χ1n) is 4.44. The number of hydrogen-bond donors (Lipinski definition) is 0. The van der Waals surface area contributed by atoms with Gasteiger partial charge in [0.1, 0.15) is 5.78 Å². The molecule has 1 aliphatic rings. The minimum Gasteiger partial charge on any atom is -0.299 e. The van der Waals surface area contributed by atoms with Crippen LogP contribution >= 0.6 is 0 Å². The fourth-order valence-corrected chi connectivity index (χ4v) is 2.93. The third-order valence-electron chi connectivity index (χ3n) is 2.29. The number of carbonyl (C=O) groups is 1. The fourth-order valence-electron chi connectivity index (χ4n) is 1.36. The molecule has 0 aromatic heterocycles. The van der Waals surface area contributed by atoms with Gasteiger partial charge in [-0.25, -0.2) is 8.42 Å². The van der Waals surface area contributed by atoms with E-state index in [-0.39, 0.29) is 28.6 Å². The van der Waals surface area contributed by atoms with Crippen molar-refractivity contribution in [1.82, 2.24) is 0 Å². The van der Waals surface area contributed by atoms with Gasteiger partial charge in [-0.1, -0.05) is 20.8 Å². The summed E-state index contributed by atoms with van der Waals surface area (Å²) in [6.45, 7) is 5.59. The second-order valence-corrected chi connectivity index (χ2v) is 6.97. The summed E-state index contributed by atoms with van der Waals surface area (Å²) in [4.78, 5) is 11.5. The van der Waals surface area contributed by atoms with Crippen LogP contribution in [0.15, 0.2) is 0 Å². The van der Waals surface area contributed by atoms with Crippen LogP contribution in [0.5, 0.6) is 0 Å². The smallest absolute Gasteiger partial charge is 0.150 e. The molecule has 0 spiro atoms.